The van der Waals surface area contributed by atoms with Gasteiger partial charge in [-0.05, 0) is 39.2 Å². The Labute approximate surface area is 173 Å². The van der Waals surface area contributed by atoms with E-state index >= 15 is 0 Å². The summed E-state index contributed by atoms with van der Waals surface area (Å²) in [5.41, 5.74) is 0. The fraction of sp³-hybridized carbons (Fsp3) is 0.889. The summed E-state index contributed by atoms with van der Waals surface area (Å²) in [6, 6.07) is 0.630. The van der Waals surface area contributed by atoms with Crippen molar-refractivity contribution in [2.45, 2.75) is 44.8 Å². The lowest BCUT2D eigenvalue weighted by Gasteiger charge is -2.35. The molecule has 2 unspecified atom stereocenters. The van der Waals surface area contributed by atoms with Gasteiger partial charge in [0.25, 0.3) is 0 Å². The van der Waals surface area contributed by atoms with E-state index in [2.05, 4.69) is 22.0 Å². The third kappa shape index (κ3) is 5.45. The van der Waals surface area contributed by atoms with Crippen LogP contribution in [-0.2, 0) is 14.3 Å². The number of esters is 1. The number of guanidine groups is 1. The molecule has 1 N–H and O–H groups in total. The molecule has 2 atom stereocenters. The Morgan fingerprint density at radius 2 is 2.04 bits per heavy atom. The monoisotopic (exact) mass is 480 g/mol. The average molecular weight is 480 g/mol. The molecule has 0 saturated carbocycles. The first kappa shape index (κ1) is 21.7. The van der Waals surface area contributed by atoms with Crippen molar-refractivity contribution in [3.05, 3.63) is 0 Å². The molecule has 3 fully saturated rings. The molecule has 0 radical (unpaired) electrons. The molecule has 0 spiro atoms. The van der Waals surface area contributed by atoms with E-state index in [4.69, 9.17) is 14.5 Å². The van der Waals surface area contributed by atoms with Gasteiger partial charge in [0.05, 0.1) is 32.3 Å². The molecule has 3 rings (SSSR count). The van der Waals surface area contributed by atoms with Crippen LogP contribution in [0, 0.1) is 5.92 Å². The van der Waals surface area contributed by atoms with E-state index in [9.17, 15) is 4.79 Å². The van der Waals surface area contributed by atoms with Crippen molar-refractivity contribution in [2.75, 3.05) is 53.0 Å². The molecule has 0 aliphatic carbocycles. The molecule has 0 aromatic rings. The zero-order valence-electron chi connectivity index (χ0n) is 16.0. The van der Waals surface area contributed by atoms with Crippen molar-refractivity contribution in [2.24, 2.45) is 10.9 Å². The molecular weight excluding hydrogens is 447 g/mol. The Hall–Kier alpha value is -0.610. The second-order valence-corrected chi connectivity index (χ2v) is 7.23. The highest BCUT2D eigenvalue weighted by Gasteiger charge is 2.32. The highest BCUT2D eigenvalue weighted by molar-refractivity contribution is 14.0. The summed E-state index contributed by atoms with van der Waals surface area (Å²) in [4.78, 5) is 21.3. The standard InChI is InChI=1S/C18H32N4O3.HI/c1-3-19-18(21-9-6-14(7-10-21)17(23)24-2)20-11-16-12-22-8-4-5-15(22)13-25-16;/h14-16H,3-13H2,1-2H3,(H,19,20);1H. The van der Waals surface area contributed by atoms with Crippen molar-refractivity contribution in [3.63, 3.8) is 0 Å². The Morgan fingerprint density at radius 1 is 1.27 bits per heavy atom. The fourth-order valence-electron chi connectivity index (χ4n) is 4.10. The minimum absolute atomic E-state index is 0. The zero-order valence-corrected chi connectivity index (χ0v) is 18.3. The molecule has 0 aromatic carbocycles. The maximum atomic E-state index is 11.7. The predicted octanol–water partition coefficient (Wildman–Crippen LogP) is 1.32. The lowest BCUT2D eigenvalue weighted by molar-refractivity contribution is -0.146. The largest absolute Gasteiger partial charge is 0.469 e. The van der Waals surface area contributed by atoms with E-state index in [0.29, 0.717) is 12.6 Å². The van der Waals surface area contributed by atoms with Gasteiger partial charge < -0.3 is 19.7 Å². The van der Waals surface area contributed by atoms with Crippen LogP contribution < -0.4 is 5.32 Å². The van der Waals surface area contributed by atoms with E-state index < -0.39 is 0 Å². The van der Waals surface area contributed by atoms with Crippen LogP contribution in [0.5, 0.6) is 0 Å². The first-order valence-electron chi connectivity index (χ1n) is 9.68. The molecular formula is C18H33IN4O3. The molecule has 26 heavy (non-hydrogen) atoms. The molecule has 3 aliphatic rings. The number of aliphatic imine (C=N–C) groups is 1. The van der Waals surface area contributed by atoms with Crippen LogP contribution in [0.1, 0.15) is 32.6 Å². The summed E-state index contributed by atoms with van der Waals surface area (Å²) in [7, 11) is 1.47. The normalized spacial score (nSPS) is 27.6. The maximum absolute atomic E-state index is 11.7. The SMILES string of the molecule is CCNC(=NCC1CN2CCCC2CO1)N1CCC(C(=O)OC)CC1.I. The van der Waals surface area contributed by atoms with Crippen molar-refractivity contribution >= 4 is 35.9 Å². The van der Waals surface area contributed by atoms with Crippen molar-refractivity contribution < 1.29 is 14.3 Å². The number of fused-ring (bicyclic) bond motifs is 1. The first-order chi connectivity index (χ1) is 12.2. The molecule has 150 valence electrons. The highest BCUT2D eigenvalue weighted by atomic mass is 127. The molecule has 3 heterocycles. The van der Waals surface area contributed by atoms with Gasteiger partial charge in [-0.25, -0.2) is 0 Å². The second-order valence-electron chi connectivity index (χ2n) is 7.23. The fourth-order valence-corrected chi connectivity index (χ4v) is 4.10. The van der Waals surface area contributed by atoms with Crippen LogP contribution in [0.4, 0.5) is 0 Å². The van der Waals surface area contributed by atoms with Crippen LogP contribution in [0.2, 0.25) is 0 Å². The van der Waals surface area contributed by atoms with E-state index in [0.717, 1.165) is 51.6 Å². The van der Waals surface area contributed by atoms with Gasteiger partial charge in [0.2, 0.25) is 0 Å². The number of hydrogen-bond acceptors (Lipinski definition) is 5. The van der Waals surface area contributed by atoms with E-state index in [-0.39, 0.29) is 42.0 Å². The van der Waals surface area contributed by atoms with Crippen LogP contribution in [-0.4, -0.2) is 86.9 Å². The maximum Gasteiger partial charge on any atom is 0.308 e. The van der Waals surface area contributed by atoms with E-state index in [1.165, 1.54) is 26.5 Å². The number of rotatable bonds is 4. The number of carbonyl (C=O) groups excluding carboxylic acids is 1. The number of nitrogens with one attached hydrogen (secondary N) is 1. The number of hydrogen-bond donors (Lipinski definition) is 1. The smallest absolute Gasteiger partial charge is 0.308 e. The summed E-state index contributed by atoms with van der Waals surface area (Å²) < 4.78 is 10.9. The topological polar surface area (TPSA) is 66.4 Å². The highest BCUT2D eigenvalue weighted by Crippen LogP contribution is 2.23. The summed E-state index contributed by atoms with van der Waals surface area (Å²) >= 11 is 0. The number of nitrogens with zero attached hydrogens (tertiary/aromatic N) is 3. The third-order valence-electron chi connectivity index (χ3n) is 5.57. The van der Waals surface area contributed by atoms with Crippen molar-refractivity contribution in [1.29, 1.82) is 0 Å². The van der Waals surface area contributed by atoms with Crippen LogP contribution in [0.3, 0.4) is 0 Å². The van der Waals surface area contributed by atoms with E-state index in [1.54, 1.807) is 0 Å². The number of ether oxygens (including phenoxy) is 2. The van der Waals surface area contributed by atoms with Gasteiger partial charge in [0.1, 0.15) is 0 Å². The van der Waals surface area contributed by atoms with Gasteiger partial charge in [-0.2, -0.15) is 0 Å². The van der Waals surface area contributed by atoms with Gasteiger partial charge in [-0.3, -0.25) is 14.7 Å². The van der Waals surface area contributed by atoms with Gasteiger partial charge in [0.15, 0.2) is 5.96 Å². The van der Waals surface area contributed by atoms with Crippen molar-refractivity contribution in [1.82, 2.24) is 15.1 Å². The van der Waals surface area contributed by atoms with Crippen molar-refractivity contribution in [3.8, 4) is 0 Å². The Kier molecular flexibility index (Phi) is 8.89. The number of carbonyl (C=O) groups is 1. The number of methoxy groups -OCH3 is 1. The minimum Gasteiger partial charge on any atom is -0.469 e. The summed E-state index contributed by atoms with van der Waals surface area (Å²) in [5.74, 6) is 0.883. The molecule has 0 amide bonds. The van der Waals surface area contributed by atoms with Crippen LogP contribution >= 0.6 is 24.0 Å². The second kappa shape index (κ2) is 10.7. The van der Waals surface area contributed by atoms with Gasteiger partial charge in [0, 0.05) is 32.2 Å². The lowest BCUT2D eigenvalue weighted by atomic mass is 9.97. The molecule has 3 saturated heterocycles. The zero-order chi connectivity index (χ0) is 17.6. The first-order valence-corrected chi connectivity index (χ1v) is 9.68. The Balaban J connectivity index is 0.00000243. The number of piperidine rings is 1. The Morgan fingerprint density at radius 3 is 2.73 bits per heavy atom. The van der Waals surface area contributed by atoms with Gasteiger partial charge in [-0.1, -0.05) is 0 Å². The number of halogens is 1. The van der Waals surface area contributed by atoms with Gasteiger partial charge >= 0.3 is 5.97 Å². The number of morpholine rings is 1. The molecule has 8 heteroatoms. The third-order valence-corrected chi connectivity index (χ3v) is 5.57. The summed E-state index contributed by atoms with van der Waals surface area (Å²) in [5, 5.41) is 3.39. The molecule has 7 nitrogen and oxygen atoms in total. The van der Waals surface area contributed by atoms with Crippen LogP contribution in [0.15, 0.2) is 4.99 Å². The predicted molar refractivity (Wildman–Crippen MR) is 112 cm³/mol. The van der Waals surface area contributed by atoms with Crippen LogP contribution in [0.25, 0.3) is 0 Å². The molecule has 0 aromatic heterocycles. The summed E-state index contributed by atoms with van der Waals surface area (Å²) in [6.07, 6.45) is 4.41. The molecule has 0 bridgehead atoms. The lowest BCUT2D eigenvalue weighted by Crippen LogP contribution is -2.49. The number of likely N-dealkylation sites (tertiary alicyclic amines) is 1. The summed E-state index contributed by atoms with van der Waals surface area (Å²) in [6.45, 7) is 8.35. The molecule has 3 aliphatic heterocycles. The minimum atomic E-state index is -0.0858. The van der Waals surface area contributed by atoms with Gasteiger partial charge in [-0.15, -0.1) is 24.0 Å². The van der Waals surface area contributed by atoms with E-state index in [1.807, 2.05) is 0 Å². The average Bonchev–Trinajstić information content (AvgIpc) is 3.12. The quantitative estimate of drug-likeness (QED) is 0.284. The Bertz CT molecular complexity index is 483.